The smallest absolute Gasteiger partial charge is 0.288 e. The Morgan fingerprint density at radius 1 is 1.68 bits per heavy atom. The van der Waals surface area contributed by atoms with Crippen LogP contribution in [-0.4, -0.2) is 28.3 Å². The second-order valence-corrected chi connectivity index (χ2v) is 5.53. The number of aromatic hydroxyl groups is 1. The van der Waals surface area contributed by atoms with E-state index in [-0.39, 0.29) is 27.2 Å². The Labute approximate surface area is 136 Å². The Morgan fingerprint density at radius 2 is 2.41 bits per heavy atom. The van der Waals surface area contributed by atoms with Crippen molar-refractivity contribution in [3.63, 3.8) is 0 Å². The zero-order valence-electron chi connectivity index (χ0n) is 11.1. The van der Waals surface area contributed by atoms with Gasteiger partial charge in [-0.2, -0.15) is 5.10 Å². The number of thiazole rings is 1. The number of aromatic nitrogens is 1. The number of rotatable bonds is 5. The first-order valence-corrected chi connectivity index (χ1v) is 7.35. The molecule has 0 saturated carbocycles. The van der Waals surface area contributed by atoms with E-state index in [0.29, 0.717) is 10.9 Å². The fourth-order valence-corrected chi connectivity index (χ4v) is 2.62. The number of benzene rings is 1. The minimum absolute atomic E-state index is 0.0326. The lowest BCUT2D eigenvalue weighted by Gasteiger charge is -2.08. The van der Waals surface area contributed by atoms with Crippen LogP contribution in [0.4, 0.5) is 16.6 Å². The lowest BCUT2D eigenvalue weighted by atomic mass is 10.1. The lowest BCUT2D eigenvalue weighted by molar-refractivity contribution is -0.385. The van der Waals surface area contributed by atoms with Crippen LogP contribution in [0.1, 0.15) is 5.56 Å². The molecular weight excluding hydrogens is 378 g/mol. The summed E-state index contributed by atoms with van der Waals surface area (Å²) in [5.41, 5.74) is 7.92. The first kappa shape index (κ1) is 16.0. The highest BCUT2D eigenvalue weighted by atomic mass is 79.9. The molecule has 0 saturated heterocycles. The summed E-state index contributed by atoms with van der Waals surface area (Å²) >= 11 is 4.32. The molecule has 2 aromatic rings. The van der Waals surface area contributed by atoms with E-state index < -0.39 is 4.92 Å². The summed E-state index contributed by atoms with van der Waals surface area (Å²) in [5, 5.41) is 27.0. The fourth-order valence-electron chi connectivity index (χ4n) is 1.53. The van der Waals surface area contributed by atoms with Crippen molar-refractivity contribution >= 4 is 50.1 Å². The summed E-state index contributed by atoms with van der Waals surface area (Å²) in [6.45, 7) is 0. The third-order valence-corrected chi connectivity index (χ3v) is 4.11. The Hall–Kier alpha value is -2.40. The molecule has 0 aliphatic carbocycles. The largest absolute Gasteiger partial charge is 0.504 e. The highest BCUT2D eigenvalue weighted by molar-refractivity contribution is 9.10. The Morgan fingerprint density at radius 3 is 2.95 bits per heavy atom. The van der Waals surface area contributed by atoms with Crippen molar-refractivity contribution in [1.82, 2.24) is 4.98 Å². The molecule has 9 nitrogen and oxygen atoms in total. The zero-order valence-corrected chi connectivity index (χ0v) is 13.5. The number of nitrogen functional groups attached to an aromatic ring is 1. The van der Waals surface area contributed by atoms with E-state index in [9.17, 15) is 15.2 Å². The lowest BCUT2D eigenvalue weighted by Crippen LogP contribution is -1.98. The van der Waals surface area contributed by atoms with E-state index in [2.05, 4.69) is 31.4 Å². The molecule has 0 amide bonds. The number of methoxy groups -OCH3 is 1. The molecule has 0 spiro atoms. The number of hydrogen-bond acceptors (Lipinski definition) is 9. The number of nitro benzene ring substituents is 1. The summed E-state index contributed by atoms with van der Waals surface area (Å²) in [4.78, 5) is 14.3. The normalized spacial score (nSPS) is 10.8. The van der Waals surface area contributed by atoms with E-state index >= 15 is 0 Å². The van der Waals surface area contributed by atoms with Crippen LogP contribution >= 0.6 is 27.3 Å². The van der Waals surface area contributed by atoms with Crippen molar-refractivity contribution in [2.24, 2.45) is 5.10 Å². The first-order valence-electron chi connectivity index (χ1n) is 5.68. The average Bonchev–Trinajstić information content (AvgIpc) is 2.88. The summed E-state index contributed by atoms with van der Waals surface area (Å²) in [5.74, 6) is 0.0442. The van der Waals surface area contributed by atoms with Crippen LogP contribution in [-0.2, 0) is 0 Å². The number of halogens is 1. The number of anilines is 2. The molecule has 0 fully saturated rings. The van der Waals surface area contributed by atoms with Gasteiger partial charge in [-0.1, -0.05) is 0 Å². The number of phenolic OH excluding ortho intramolecular Hbond substituents is 1. The van der Waals surface area contributed by atoms with Gasteiger partial charge >= 0.3 is 0 Å². The monoisotopic (exact) mass is 387 g/mol. The van der Waals surface area contributed by atoms with Gasteiger partial charge in [0.2, 0.25) is 5.13 Å². The molecule has 2 rings (SSSR count). The van der Waals surface area contributed by atoms with E-state index in [1.807, 2.05) is 0 Å². The van der Waals surface area contributed by atoms with Gasteiger partial charge in [-0.25, -0.2) is 4.98 Å². The summed E-state index contributed by atoms with van der Waals surface area (Å²) in [6.07, 6.45) is 1.21. The number of ether oxygens (including phenoxy) is 1. The van der Waals surface area contributed by atoms with Crippen molar-refractivity contribution < 1.29 is 14.8 Å². The molecule has 0 aliphatic rings. The molecular formula is C11H10BrN5O4S. The van der Waals surface area contributed by atoms with Crippen LogP contribution in [0, 0.1) is 10.1 Å². The van der Waals surface area contributed by atoms with Gasteiger partial charge in [0.15, 0.2) is 11.5 Å². The van der Waals surface area contributed by atoms with Crippen molar-refractivity contribution in [2.45, 2.75) is 0 Å². The maximum atomic E-state index is 11.0. The maximum absolute atomic E-state index is 11.0. The van der Waals surface area contributed by atoms with Gasteiger partial charge in [0, 0.05) is 5.38 Å². The molecule has 4 N–H and O–H groups in total. The molecule has 0 atom stereocenters. The van der Waals surface area contributed by atoms with Gasteiger partial charge in [0.1, 0.15) is 10.3 Å². The minimum Gasteiger partial charge on any atom is -0.504 e. The Bertz CT molecular complexity index is 748. The number of nitrogens with zero attached hydrogens (tertiary/aromatic N) is 3. The standard InChI is InChI=1S/C11H10BrN5O4S/c1-21-7-2-6(17(19)20)9(12)5(10(7)18)3-14-16-11-15-8(13)4-22-11/h2-4,18H,13H2,1H3,(H,15,16). The van der Waals surface area contributed by atoms with Gasteiger partial charge in [-0.3, -0.25) is 15.5 Å². The molecule has 1 aromatic carbocycles. The third-order valence-electron chi connectivity index (χ3n) is 2.51. The van der Waals surface area contributed by atoms with Crippen LogP contribution in [0.25, 0.3) is 0 Å². The summed E-state index contributed by atoms with van der Waals surface area (Å²) < 4.78 is 5.00. The van der Waals surface area contributed by atoms with E-state index in [1.54, 1.807) is 5.38 Å². The Balaban J connectivity index is 2.36. The molecule has 1 aromatic heterocycles. The molecule has 0 aliphatic heterocycles. The van der Waals surface area contributed by atoms with Crippen molar-refractivity contribution in [2.75, 3.05) is 18.3 Å². The van der Waals surface area contributed by atoms with Gasteiger partial charge in [-0.05, 0) is 15.9 Å². The van der Waals surface area contributed by atoms with Gasteiger partial charge in [-0.15, -0.1) is 11.3 Å². The molecule has 0 unspecified atom stereocenters. The van der Waals surface area contributed by atoms with E-state index in [1.165, 1.54) is 24.7 Å². The number of nitrogens with two attached hydrogens (primary N) is 1. The topological polar surface area (TPSA) is 136 Å². The number of hydrazone groups is 1. The second kappa shape index (κ2) is 6.58. The number of nitro groups is 1. The zero-order chi connectivity index (χ0) is 16.3. The molecule has 0 radical (unpaired) electrons. The minimum atomic E-state index is -0.599. The first-order chi connectivity index (χ1) is 10.4. The molecule has 11 heteroatoms. The number of hydrogen-bond donors (Lipinski definition) is 3. The quantitative estimate of drug-likeness (QED) is 0.407. The van der Waals surface area contributed by atoms with Gasteiger partial charge in [0.05, 0.1) is 29.9 Å². The molecule has 116 valence electrons. The van der Waals surface area contributed by atoms with E-state index in [0.717, 1.165) is 6.07 Å². The maximum Gasteiger partial charge on any atom is 0.288 e. The van der Waals surface area contributed by atoms with Crippen LogP contribution in [0.3, 0.4) is 0 Å². The SMILES string of the molecule is COc1cc([N+](=O)[O-])c(Br)c(C=NNc2nc(N)cs2)c1O. The average molecular weight is 388 g/mol. The molecule has 22 heavy (non-hydrogen) atoms. The van der Waals surface area contributed by atoms with Crippen molar-refractivity contribution in [3.05, 3.63) is 31.6 Å². The highest BCUT2D eigenvalue weighted by Crippen LogP contribution is 2.40. The van der Waals surface area contributed by atoms with Crippen LogP contribution in [0.5, 0.6) is 11.5 Å². The van der Waals surface area contributed by atoms with Crippen LogP contribution in [0.15, 0.2) is 21.0 Å². The second-order valence-electron chi connectivity index (χ2n) is 3.88. The molecule has 0 bridgehead atoms. The van der Waals surface area contributed by atoms with Crippen molar-refractivity contribution in [3.8, 4) is 11.5 Å². The molecule has 1 heterocycles. The summed E-state index contributed by atoms with van der Waals surface area (Å²) in [7, 11) is 1.30. The Kier molecular flexibility index (Phi) is 4.78. The fraction of sp³-hybridized carbons (Fsp3) is 0.0909. The van der Waals surface area contributed by atoms with Crippen LogP contribution < -0.4 is 15.9 Å². The summed E-state index contributed by atoms with van der Waals surface area (Å²) in [6, 6.07) is 1.12. The third kappa shape index (κ3) is 3.26. The number of nitrogens with one attached hydrogen (secondary N) is 1. The number of phenols is 1. The predicted molar refractivity (Wildman–Crippen MR) is 86.8 cm³/mol. The van der Waals surface area contributed by atoms with Gasteiger partial charge in [0.25, 0.3) is 5.69 Å². The highest BCUT2D eigenvalue weighted by Gasteiger charge is 2.22. The van der Waals surface area contributed by atoms with Crippen molar-refractivity contribution in [1.29, 1.82) is 0 Å². The van der Waals surface area contributed by atoms with Gasteiger partial charge < -0.3 is 15.6 Å². The predicted octanol–water partition coefficient (Wildman–Crippen LogP) is 2.56. The van der Waals surface area contributed by atoms with E-state index in [4.69, 9.17) is 10.5 Å². The van der Waals surface area contributed by atoms with Crippen LogP contribution in [0.2, 0.25) is 0 Å².